The van der Waals surface area contributed by atoms with Crippen molar-refractivity contribution in [2.75, 3.05) is 23.3 Å². The van der Waals surface area contributed by atoms with Crippen molar-refractivity contribution in [3.8, 4) is 0 Å². The number of anilines is 3. The highest BCUT2D eigenvalue weighted by Gasteiger charge is 2.23. The van der Waals surface area contributed by atoms with E-state index in [2.05, 4.69) is 40.1 Å². The molecule has 8 nitrogen and oxygen atoms in total. The summed E-state index contributed by atoms with van der Waals surface area (Å²) in [5, 5.41) is 3.09. The third-order valence-electron chi connectivity index (χ3n) is 4.23. The summed E-state index contributed by atoms with van der Waals surface area (Å²) in [7, 11) is 0. The van der Waals surface area contributed by atoms with Crippen LogP contribution in [-0.4, -0.2) is 43.0 Å². The highest BCUT2D eigenvalue weighted by molar-refractivity contribution is 5.45. The Labute approximate surface area is 145 Å². The fourth-order valence-electron chi connectivity index (χ4n) is 2.97. The van der Waals surface area contributed by atoms with Crippen LogP contribution >= 0.6 is 0 Å². The van der Waals surface area contributed by atoms with E-state index in [-0.39, 0.29) is 0 Å². The molecule has 1 aliphatic heterocycles. The van der Waals surface area contributed by atoms with Gasteiger partial charge in [-0.05, 0) is 25.0 Å². The van der Waals surface area contributed by atoms with E-state index in [1.54, 1.807) is 37.2 Å². The van der Waals surface area contributed by atoms with Gasteiger partial charge in [-0.2, -0.15) is 0 Å². The molecule has 1 saturated heterocycles. The topological polar surface area (TPSA) is 92.6 Å². The molecule has 4 heterocycles. The van der Waals surface area contributed by atoms with Crippen molar-refractivity contribution in [1.29, 1.82) is 0 Å². The van der Waals surface area contributed by atoms with Gasteiger partial charge in [0.15, 0.2) is 5.82 Å². The molecule has 0 unspecified atom stereocenters. The Balaban J connectivity index is 1.42. The molecule has 0 atom stereocenters. The number of hydrogen-bond acceptors (Lipinski definition) is 8. The van der Waals surface area contributed by atoms with Crippen LogP contribution < -0.4 is 10.2 Å². The van der Waals surface area contributed by atoms with Crippen LogP contribution in [0.25, 0.3) is 0 Å². The van der Waals surface area contributed by atoms with E-state index in [4.69, 9.17) is 0 Å². The van der Waals surface area contributed by atoms with Crippen LogP contribution in [0.5, 0.6) is 0 Å². The molecule has 8 heteroatoms. The molecule has 3 aromatic heterocycles. The second-order valence-corrected chi connectivity index (χ2v) is 5.83. The van der Waals surface area contributed by atoms with E-state index in [1.165, 1.54) is 0 Å². The minimum atomic E-state index is 0.408. The molecule has 1 fully saturated rings. The third-order valence-corrected chi connectivity index (χ3v) is 4.23. The molecular weight excluding hydrogens is 316 g/mol. The Kier molecular flexibility index (Phi) is 4.40. The van der Waals surface area contributed by atoms with Gasteiger partial charge in [0.05, 0.1) is 6.20 Å². The van der Waals surface area contributed by atoms with Crippen molar-refractivity contribution in [3.05, 3.63) is 55.0 Å². The molecule has 0 amide bonds. The first-order valence-corrected chi connectivity index (χ1v) is 8.26. The van der Waals surface area contributed by atoms with E-state index in [1.807, 2.05) is 12.1 Å². The van der Waals surface area contributed by atoms with Gasteiger partial charge in [0.2, 0.25) is 11.9 Å². The number of nitrogens with one attached hydrogen (secondary N) is 1. The predicted molar refractivity (Wildman–Crippen MR) is 93.6 cm³/mol. The smallest absolute Gasteiger partial charge is 0.228 e. The number of hydrogen-bond donors (Lipinski definition) is 1. The minimum absolute atomic E-state index is 0.408. The third kappa shape index (κ3) is 3.68. The van der Waals surface area contributed by atoms with Crippen molar-refractivity contribution in [3.63, 3.8) is 0 Å². The molecule has 4 rings (SSSR count). The molecule has 1 aliphatic rings. The Morgan fingerprint density at radius 1 is 0.920 bits per heavy atom. The van der Waals surface area contributed by atoms with Gasteiger partial charge in [0.25, 0.3) is 0 Å². The summed E-state index contributed by atoms with van der Waals surface area (Å²) in [5.74, 6) is 2.39. The fourth-order valence-corrected chi connectivity index (χ4v) is 2.97. The Morgan fingerprint density at radius 3 is 2.52 bits per heavy atom. The average Bonchev–Trinajstić information content (AvgIpc) is 2.70. The number of aromatic nitrogens is 6. The van der Waals surface area contributed by atoms with Gasteiger partial charge in [-0.15, -0.1) is 0 Å². The lowest BCUT2D eigenvalue weighted by atomic mass is 9.93. The standard InChI is InChI=1S/C17H18N8/c1-5-21-17(22-6-1)25-10-3-13(4-11-25)14-2-7-20-16(23-14)24-15-12-18-8-9-19-15/h1-2,5-9,12-13H,3-4,10-11H2,(H,19,20,23,24). The molecule has 0 saturated carbocycles. The van der Waals surface area contributed by atoms with Crippen LogP contribution in [0.3, 0.4) is 0 Å². The highest BCUT2D eigenvalue weighted by atomic mass is 15.2. The first-order chi connectivity index (χ1) is 12.4. The number of rotatable bonds is 4. The molecular formula is C17H18N8. The second-order valence-electron chi connectivity index (χ2n) is 5.83. The summed E-state index contributed by atoms with van der Waals surface area (Å²) in [4.78, 5) is 28.0. The maximum absolute atomic E-state index is 4.65. The Hall–Kier alpha value is -3.16. The maximum atomic E-state index is 4.65. The van der Waals surface area contributed by atoms with Crippen molar-refractivity contribution >= 4 is 17.7 Å². The maximum Gasteiger partial charge on any atom is 0.228 e. The van der Waals surface area contributed by atoms with Crippen molar-refractivity contribution < 1.29 is 0 Å². The molecule has 0 spiro atoms. The highest BCUT2D eigenvalue weighted by Crippen LogP contribution is 2.28. The zero-order chi connectivity index (χ0) is 16.9. The molecule has 0 aromatic carbocycles. The molecule has 25 heavy (non-hydrogen) atoms. The van der Waals surface area contributed by atoms with E-state index < -0.39 is 0 Å². The van der Waals surface area contributed by atoms with Gasteiger partial charge < -0.3 is 10.2 Å². The SMILES string of the molecule is c1cnc(N2CCC(c3ccnc(Nc4cnccn4)n3)CC2)nc1. The summed E-state index contributed by atoms with van der Waals surface area (Å²) in [6, 6.07) is 3.82. The first-order valence-electron chi connectivity index (χ1n) is 8.26. The largest absolute Gasteiger partial charge is 0.341 e. The van der Waals surface area contributed by atoms with Gasteiger partial charge in [-0.25, -0.2) is 24.9 Å². The summed E-state index contributed by atoms with van der Waals surface area (Å²) >= 11 is 0. The van der Waals surface area contributed by atoms with E-state index >= 15 is 0 Å². The summed E-state index contributed by atoms with van der Waals surface area (Å²) < 4.78 is 0. The summed E-state index contributed by atoms with van der Waals surface area (Å²) in [5.41, 5.74) is 1.05. The molecule has 126 valence electrons. The van der Waals surface area contributed by atoms with Crippen molar-refractivity contribution in [2.45, 2.75) is 18.8 Å². The predicted octanol–water partition coefficient (Wildman–Crippen LogP) is 2.18. The summed E-state index contributed by atoms with van der Waals surface area (Å²) in [6.07, 6.45) is 12.3. The zero-order valence-corrected chi connectivity index (χ0v) is 13.7. The van der Waals surface area contributed by atoms with Crippen LogP contribution in [0.4, 0.5) is 17.7 Å². The van der Waals surface area contributed by atoms with Gasteiger partial charge in [0.1, 0.15) is 0 Å². The number of nitrogens with zero attached hydrogens (tertiary/aromatic N) is 7. The fraction of sp³-hybridized carbons (Fsp3) is 0.294. The van der Waals surface area contributed by atoms with E-state index in [0.29, 0.717) is 17.7 Å². The van der Waals surface area contributed by atoms with E-state index in [0.717, 1.165) is 37.6 Å². The van der Waals surface area contributed by atoms with Crippen molar-refractivity contribution in [1.82, 2.24) is 29.9 Å². The quantitative estimate of drug-likeness (QED) is 0.776. The van der Waals surface area contributed by atoms with Gasteiger partial charge >= 0.3 is 0 Å². The number of piperidine rings is 1. The molecule has 0 aliphatic carbocycles. The first kappa shape index (κ1) is 15.4. The Morgan fingerprint density at radius 2 is 1.76 bits per heavy atom. The second kappa shape index (κ2) is 7.16. The van der Waals surface area contributed by atoms with Crippen LogP contribution in [0.1, 0.15) is 24.5 Å². The minimum Gasteiger partial charge on any atom is -0.341 e. The van der Waals surface area contributed by atoms with Crippen LogP contribution in [0, 0.1) is 0 Å². The van der Waals surface area contributed by atoms with Gasteiger partial charge in [0, 0.05) is 55.7 Å². The van der Waals surface area contributed by atoms with E-state index in [9.17, 15) is 0 Å². The van der Waals surface area contributed by atoms with Gasteiger partial charge in [-0.3, -0.25) is 4.98 Å². The lowest BCUT2D eigenvalue weighted by Gasteiger charge is -2.31. The lowest BCUT2D eigenvalue weighted by molar-refractivity contribution is 0.490. The molecule has 0 bridgehead atoms. The average molecular weight is 334 g/mol. The lowest BCUT2D eigenvalue weighted by Crippen LogP contribution is -2.34. The van der Waals surface area contributed by atoms with Crippen LogP contribution in [0.15, 0.2) is 49.3 Å². The van der Waals surface area contributed by atoms with Crippen LogP contribution in [0.2, 0.25) is 0 Å². The zero-order valence-electron chi connectivity index (χ0n) is 13.7. The summed E-state index contributed by atoms with van der Waals surface area (Å²) in [6.45, 7) is 1.84. The van der Waals surface area contributed by atoms with Crippen molar-refractivity contribution in [2.24, 2.45) is 0 Å². The monoisotopic (exact) mass is 334 g/mol. The van der Waals surface area contributed by atoms with Crippen LogP contribution in [-0.2, 0) is 0 Å². The van der Waals surface area contributed by atoms with Gasteiger partial charge in [-0.1, -0.05) is 0 Å². The molecule has 1 N–H and O–H groups in total. The Bertz CT molecular complexity index is 803. The molecule has 0 radical (unpaired) electrons. The molecule has 3 aromatic rings. The normalized spacial score (nSPS) is 15.1.